The Kier molecular flexibility index (Phi) is 10.0. The molecule has 1 aromatic heterocycles. The van der Waals surface area contributed by atoms with Crippen molar-refractivity contribution in [3.05, 3.63) is 92.6 Å². The second kappa shape index (κ2) is 13.4. The second-order valence-electron chi connectivity index (χ2n) is 8.65. The number of nitrogens with one attached hydrogen (secondary N) is 1. The molecule has 3 N–H and O–H groups in total. The summed E-state index contributed by atoms with van der Waals surface area (Å²) in [5, 5.41) is 0. The van der Waals surface area contributed by atoms with E-state index in [1.807, 2.05) is 65.6 Å². The van der Waals surface area contributed by atoms with Crippen molar-refractivity contribution in [1.29, 1.82) is 0 Å². The Morgan fingerprint density at radius 3 is 2.25 bits per heavy atom. The number of aromatic amines is 1. The maximum Gasteiger partial charge on any atom is 0.330 e. The van der Waals surface area contributed by atoms with Crippen LogP contribution in [0.5, 0.6) is 0 Å². The summed E-state index contributed by atoms with van der Waals surface area (Å²) < 4.78 is 6.46. The SMILES string of the molecule is CCCN(CC(=O)N(CCCOC)c1c(N)n(Cc2ccccc2)c(=O)[nH]c1=O)Cc1ccccc1. The summed E-state index contributed by atoms with van der Waals surface area (Å²) in [5.41, 5.74) is 7.02. The molecule has 36 heavy (non-hydrogen) atoms. The van der Waals surface area contributed by atoms with Gasteiger partial charge in [0.1, 0.15) is 5.82 Å². The average molecular weight is 494 g/mol. The van der Waals surface area contributed by atoms with Crippen LogP contribution in [0.2, 0.25) is 0 Å². The Morgan fingerprint density at radius 2 is 1.64 bits per heavy atom. The Morgan fingerprint density at radius 1 is 1.00 bits per heavy atom. The molecule has 1 heterocycles. The molecule has 0 fully saturated rings. The van der Waals surface area contributed by atoms with E-state index in [9.17, 15) is 14.4 Å². The maximum absolute atomic E-state index is 13.6. The Balaban J connectivity index is 1.94. The number of benzene rings is 2. The van der Waals surface area contributed by atoms with Crippen molar-refractivity contribution < 1.29 is 9.53 Å². The lowest BCUT2D eigenvalue weighted by Gasteiger charge is -2.28. The highest BCUT2D eigenvalue weighted by atomic mass is 16.5. The van der Waals surface area contributed by atoms with Crippen LogP contribution >= 0.6 is 0 Å². The number of carbonyl (C=O) groups excluding carboxylic acids is 1. The van der Waals surface area contributed by atoms with E-state index in [0.717, 1.165) is 17.5 Å². The minimum absolute atomic E-state index is 0.0113. The largest absolute Gasteiger partial charge is 0.385 e. The first-order valence-electron chi connectivity index (χ1n) is 12.2. The van der Waals surface area contributed by atoms with Gasteiger partial charge in [0.15, 0.2) is 5.69 Å². The molecule has 2 aromatic carbocycles. The number of H-pyrrole nitrogens is 1. The number of carbonyl (C=O) groups is 1. The standard InChI is InChI=1S/C27H35N5O4/c1-3-15-30(18-21-11-6-4-7-12-21)20-23(33)31(16-10-17-36-2)24-25(28)32(27(35)29-26(24)34)19-22-13-8-5-9-14-22/h4-9,11-14H,3,10,15-20,28H2,1-2H3,(H,29,34,35). The summed E-state index contributed by atoms with van der Waals surface area (Å²) in [4.78, 5) is 45.0. The number of hydrogen-bond donors (Lipinski definition) is 2. The van der Waals surface area contributed by atoms with Crippen molar-refractivity contribution in [3.8, 4) is 0 Å². The molecule has 9 heteroatoms. The number of amides is 1. The summed E-state index contributed by atoms with van der Waals surface area (Å²) in [7, 11) is 1.58. The van der Waals surface area contributed by atoms with Crippen molar-refractivity contribution in [3.63, 3.8) is 0 Å². The van der Waals surface area contributed by atoms with Gasteiger partial charge in [0.05, 0.1) is 13.1 Å². The Labute approximate surface area is 211 Å². The molecule has 3 aromatic rings. The molecular weight excluding hydrogens is 458 g/mol. The van der Waals surface area contributed by atoms with Crippen molar-refractivity contribution in [2.75, 3.05) is 44.0 Å². The number of anilines is 2. The summed E-state index contributed by atoms with van der Waals surface area (Å²) in [6, 6.07) is 19.3. The lowest BCUT2D eigenvalue weighted by molar-refractivity contribution is -0.120. The van der Waals surface area contributed by atoms with Crippen molar-refractivity contribution in [2.24, 2.45) is 0 Å². The number of hydrogen-bond acceptors (Lipinski definition) is 6. The molecule has 9 nitrogen and oxygen atoms in total. The van der Waals surface area contributed by atoms with Gasteiger partial charge in [-0.3, -0.25) is 24.0 Å². The lowest BCUT2D eigenvalue weighted by Crippen LogP contribution is -2.46. The molecule has 0 bridgehead atoms. The fourth-order valence-electron chi connectivity index (χ4n) is 4.14. The van der Waals surface area contributed by atoms with Crippen LogP contribution in [0.25, 0.3) is 0 Å². The van der Waals surface area contributed by atoms with E-state index in [1.54, 1.807) is 7.11 Å². The van der Waals surface area contributed by atoms with Crippen LogP contribution in [0.1, 0.15) is 30.9 Å². The molecule has 0 spiro atoms. The quantitative estimate of drug-likeness (QED) is 0.354. The van der Waals surface area contributed by atoms with Gasteiger partial charge in [0.25, 0.3) is 5.56 Å². The van der Waals surface area contributed by atoms with E-state index in [0.29, 0.717) is 26.1 Å². The molecule has 0 aliphatic heterocycles. The van der Waals surface area contributed by atoms with E-state index < -0.39 is 11.2 Å². The Bertz CT molecular complexity index is 1220. The normalized spacial score (nSPS) is 11.1. The molecule has 0 radical (unpaired) electrons. The zero-order chi connectivity index (χ0) is 25.9. The first-order valence-corrected chi connectivity index (χ1v) is 12.2. The zero-order valence-corrected chi connectivity index (χ0v) is 21.0. The highest BCUT2D eigenvalue weighted by Crippen LogP contribution is 2.19. The predicted octanol–water partition coefficient (Wildman–Crippen LogP) is 2.45. The van der Waals surface area contributed by atoms with Gasteiger partial charge < -0.3 is 15.4 Å². The highest BCUT2D eigenvalue weighted by Gasteiger charge is 2.25. The number of methoxy groups -OCH3 is 1. The third-order valence-corrected chi connectivity index (χ3v) is 5.85. The van der Waals surface area contributed by atoms with Crippen molar-refractivity contribution in [1.82, 2.24) is 14.5 Å². The smallest absolute Gasteiger partial charge is 0.330 e. The number of aromatic nitrogens is 2. The molecule has 192 valence electrons. The number of rotatable bonds is 13. The predicted molar refractivity (Wildman–Crippen MR) is 142 cm³/mol. The van der Waals surface area contributed by atoms with Gasteiger partial charge in [-0.15, -0.1) is 0 Å². The fraction of sp³-hybridized carbons (Fsp3) is 0.370. The average Bonchev–Trinajstić information content (AvgIpc) is 2.87. The topological polar surface area (TPSA) is 114 Å². The molecule has 0 saturated carbocycles. The maximum atomic E-state index is 13.6. The van der Waals surface area contributed by atoms with Gasteiger partial charge in [-0.05, 0) is 30.5 Å². The number of nitrogens with zero attached hydrogens (tertiary/aromatic N) is 3. The molecular formula is C27H35N5O4. The lowest BCUT2D eigenvalue weighted by atomic mass is 10.2. The number of ether oxygens (including phenoxy) is 1. The van der Waals surface area contributed by atoms with Crippen molar-refractivity contribution >= 4 is 17.4 Å². The molecule has 3 rings (SSSR count). The first-order chi connectivity index (χ1) is 17.4. The number of nitrogen functional groups attached to an aromatic ring is 1. The van der Waals surface area contributed by atoms with E-state index in [4.69, 9.17) is 10.5 Å². The molecule has 0 saturated heterocycles. The van der Waals surface area contributed by atoms with Crippen LogP contribution in [0.4, 0.5) is 11.5 Å². The number of nitrogens with two attached hydrogens (primary N) is 1. The molecule has 1 amide bonds. The summed E-state index contributed by atoms with van der Waals surface area (Å²) in [5.74, 6) is -0.305. The van der Waals surface area contributed by atoms with Crippen LogP contribution in [0, 0.1) is 0 Å². The van der Waals surface area contributed by atoms with Gasteiger partial charge >= 0.3 is 5.69 Å². The fourth-order valence-corrected chi connectivity index (χ4v) is 4.14. The second-order valence-corrected chi connectivity index (χ2v) is 8.65. The third-order valence-electron chi connectivity index (χ3n) is 5.85. The van der Waals surface area contributed by atoms with Crippen LogP contribution in [-0.4, -0.2) is 53.7 Å². The minimum atomic E-state index is -0.683. The van der Waals surface area contributed by atoms with E-state index in [-0.39, 0.29) is 37.0 Å². The molecule has 0 aliphatic carbocycles. The van der Waals surface area contributed by atoms with Crippen LogP contribution in [0.3, 0.4) is 0 Å². The molecule has 0 atom stereocenters. The first kappa shape index (κ1) is 26.9. The van der Waals surface area contributed by atoms with E-state index in [2.05, 4.69) is 11.9 Å². The van der Waals surface area contributed by atoms with Gasteiger partial charge in [0.2, 0.25) is 5.91 Å². The summed E-state index contributed by atoms with van der Waals surface area (Å²) in [6.45, 7) is 4.29. The van der Waals surface area contributed by atoms with Gasteiger partial charge in [-0.1, -0.05) is 67.6 Å². The molecule has 0 aliphatic rings. The summed E-state index contributed by atoms with van der Waals surface area (Å²) in [6.07, 6.45) is 1.37. The van der Waals surface area contributed by atoms with E-state index in [1.165, 1.54) is 9.47 Å². The van der Waals surface area contributed by atoms with Gasteiger partial charge in [-0.25, -0.2) is 4.79 Å². The highest BCUT2D eigenvalue weighted by molar-refractivity contribution is 5.96. The summed E-state index contributed by atoms with van der Waals surface area (Å²) >= 11 is 0. The van der Waals surface area contributed by atoms with Crippen LogP contribution in [-0.2, 0) is 22.6 Å². The van der Waals surface area contributed by atoms with Gasteiger partial charge in [-0.2, -0.15) is 0 Å². The Hall–Kier alpha value is -3.69. The minimum Gasteiger partial charge on any atom is -0.385 e. The molecule has 0 unspecified atom stereocenters. The van der Waals surface area contributed by atoms with Crippen LogP contribution < -0.4 is 21.9 Å². The van der Waals surface area contributed by atoms with Crippen LogP contribution in [0.15, 0.2) is 70.3 Å². The van der Waals surface area contributed by atoms with Gasteiger partial charge in [0, 0.05) is 26.8 Å². The zero-order valence-electron chi connectivity index (χ0n) is 21.0. The van der Waals surface area contributed by atoms with Crippen molar-refractivity contribution in [2.45, 2.75) is 32.9 Å². The third kappa shape index (κ3) is 7.16. The van der Waals surface area contributed by atoms with E-state index >= 15 is 0 Å². The monoisotopic (exact) mass is 493 g/mol.